The Morgan fingerprint density at radius 2 is 2.08 bits per heavy atom. The summed E-state index contributed by atoms with van der Waals surface area (Å²) in [5, 5.41) is 8.72. The number of sulfonamides is 1. The molecule has 1 aromatic heterocycles. The molecular formula is C16H21N3O4S2. The molecule has 0 bridgehead atoms. The lowest BCUT2D eigenvalue weighted by atomic mass is 10.1. The summed E-state index contributed by atoms with van der Waals surface area (Å²) >= 11 is 1.30. The number of benzene rings is 1. The van der Waals surface area contributed by atoms with Crippen LogP contribution in [0.25, 0.3) is 0 Å². The van der Waals surface area contributed by atoms with Crippen LogP contribution in [0.3, 0.4) is 0 Å². The van der Waals surface area contributed by atoms with Gasteiger partial charge in [0.2, 0.25) is 10.0 Å². The Bertz CT molecular complexity index is 891. The molecule has 0 fully saturated rings. The van der Waals surface area contributed by atoms with E-state index in [0.717, 1.165) is 10.6 Å². The first kappa shape index (κ1) is 19.5. The molecule has 9 heteroatoms. The van der Waals surface area contributed by atoms with Crippen LogP contribution in [0.5, 0.6) is 0 Å². The maximum absolute atomic E-state index is 12.4. The molecule has 136 valence electrons. The van der Waals surface area contributed by atoms with Crippen LogP contribution in [0.1, 0.15) is 44.5 Å². The number of carbonyl (C=O) groups is 1. The topological polar surface area (TPSA) is 111 Å². The van der Waals surface area contributed by atoms with Gasteiger partial charge < -0.3 is 10.1 Å². The van der Waals surface area contributed by atoms with Gasteiger partial charge in [-0.05, 0) is 38.0 Å². The zero-order chi connectivity index (χ0) is 18.8. The second-order valence-corrected chi connectivity index (χ2v) is 8.23. The van der Waals surface area contributed by atoms with E-state index in [1.165, 1.54) is 17.4 Å². The zero-order valence-corrected chi connectivity index (χ0v) is 16.1. The number of nitrogens with one attached hydrogen (secondary N) is 1. The number of nitrogens with zero attached hydrogens (tertiary/aromatic N) is 1. The number of nitrogens with two attached hydrogens (primary N) is 1. The van der Waals surface area contributed by atoms with Crippen LogP contribution in [0, 0.1) is 13.8 Å². The van der Waals surface area contributed by atoms with Gasteiger partial charge in [-0.2, -0.15) is 0 Å². The average Bonchev–Trinajstić information content (AvgIpc) is 2.92. The highest BCUT2D eigenvalue weighted by atomic mass is 32.2. The van der Waals surface area contributed by atoms with Gasteiger partial charge in [0.05, 0.1) is 10.6 Å². The summed E-state index contributed by atoms with van der Waals surface area (Å²) in [5.74, 6) is -0.224. The zero-order valence-electron chi connectivity index (χ0n) is 14.5. The first-order chi connectivity index (χ1) is 11.6. The normalized spacial score (nSPS) is 12.8. The van der Waals surface area contributed by atoms with Crippen LogP contribution < -0.4 is 10.5 Å². The number of thiazole rings is 1. The molecule has 0 spiro atoms. The minimum absolute atomic E-state index is 0.0825. The Kier molecular flexibility index (Phi) is 5.94. The summed E-state index contributed by atoms with van der Waals surface area (Å²) in [7, 11) is -2.15. The molecular weight excluding hydrogens is 362 g/mol. The van der Waals surface area contributed by atoms with Gasteiger partial charge in [-0.15, -0.1) is 11.3 Å². The number of rotatable bonds is 6. The van der Waals surface area contributed by atoms with Crippen molar-refractivity contribution in [1.82, 2.24) is 10.3 Å². The van der Waals surface area contributed by atoms with Crippen molar-refractivity contribution in [1.29, 1.82) is 0 Å². The number of carbonyl (C=O) groups excluding carboxylic acids is 1. The lowest BCUT2D eigenvalue weighted by Crippen LogP contribution is -2.23. The molecule has 1 heterocycles. The summed E-state index contributed by atoms with van der Waals surface area (Å²) in [6, 6.07) is 4.77. The molecule has 0 saturated carbocycles. The fourth-order valence-corrected chi connectivity index (χ4v) is 4.08. The molecule has 0 saturated heterocycles. The molecule has 0 aliphatic heterocycles. The van der Waals surface area contributed by atoms with Gasteiger partial charge >= 0.3 is 0 Å². The van der Waals surface area contributed by atoms with Crippen molar-refractivity contribution in [3.63, 3.8) is 0 Å². The summed E-state index contributed by atoms with van der Waals surface area (Å²) in [4.78, 5) is 17.4. The van der Waals surface area contributed by atoms with E-state index in [0.29, 0.717) is 16.1 Å². The van der Waals surface area contributed by atoms with Crippen molar-refractivity contribution in [2.75, 3.05) is 7.11 Å². The minimum atomic E-state index is -3.74. The van der Waals surface area contributed by atoms with Gasteiger partial charge in [-0.3, -0.25) is 4.79 Å². The molecule has 3 N–H and O–H groups in total. The highest BCUT2D eigenvalue weighted by Crippen LogP contribution is 2.25. The van der Waals surface area contributed by atoms with Crippen molar-refractivity contribution in [3.05, 3.63) is 44.9 Å². The van der Waals surface area contributed by atoms with Gasteiger partial charge in [-0.1, -0.05) is 12.1 Å². The van der Waals surface area contributed by atoms with Crippen molar-refractivity contribution in [2.24, 2.45) is 5.14 Å². The predicted molar refractivity (Wildman–Crippen MR) is 96.0 cm³/mol. The lowest BCUT2D eigenvalue weighted by molar-refractivity contribution is 0.0954. The molecule has 2 rings (SSSR count). The smallest absolute Gasteiger partial charge is 0.263 e. The van der Waals surface area contributed by atoms with E-state index in [4.69, 9.17) is 9.88 Å². The lowest BCUT2D eigenvalue weighted by Gasteiger charge is -2.08. The van der Waals surface area contributed by atoms with Crippen LogP contribution in [-0.2, 0) is 21.3 Å². The van der Waals surface area contributed by atoms with E-state index in [-0.39, 0.29) is 23.5 Å². The van der Waals surface area contributed by atoms with E-state index in [2.05, 4.69) is 10.3 Å². The van der Waals surface area contributed by atoms with E-state index >= 15 is 0 Å². The molecule has 0 unspecified atom stereocenters. The predicted octanol–water partition coefficient (Wildman–Crippen LogP) is 2.04. The van der Waals surface area contributed by atoms with Gasteiger partial charge in [-0.25, -0.2) is 18.5 Å². The summed E-state index contributed by atoms with van der Waals surface area (Å²) in [6.45, 7) is 5.59. The average molecular weight is 383 g/mol. The third-order valence-corrected chi connectivity index (χ3v) is 6.11. The highest BCUT2D eigenvalue weighted by molar-refractivity contribution is 7.89. The van der Waals surface area contributed by atoms with E-state index in [1.807, 2.05) is 6.92 Å². The number of ether oxygens (including phenoxy) is 1. The van der Waals surface area contributed by atoms with Gasteiger partial charge in [0.25, 0.3) is 5.91 Å². The van der Waals surface area contributed by atoms with E-state index < -0.39 is 10.0 Å². The maximum Gasteiger partial charge on any atom is 0.263 e. The molecule has 0 aliphatic rings. The Balaban J connectivity index is 2.10. The van der Waals surface area contributed by atoms with Crippen molar-refractivity contribution in [3.8, 4) is 0 Å². The second kappa shape index (κ2) is 7.61. The monoisotopic (exact) mass is 383 g/mol. The van der Waals surface area contributed by atoms with Crippen LogP contribution in [0.4, 0.5) is 0 Å². The molecule has 0 aliphatic carbocycles. The largest absolute Gasteiger partial charge is 0.375 e. The van der Waals surface area contributed by atoms with Crippen molar-refractivity contribution in [2.45, 2.75) is 38.3 Å². The Labute approximate surface area is 151 Å². The Morgan fingerprint density at radius 3 is 2.64 bits per heavy atom. The SMILES string of the molecule is CO[C@H](C)c1nc(C)c(C(=O)NCc2ccc(S(N)(=O)=O)c(C)c2)s1. The second-order valence-electron chi connectivity index (χ2n) is 5.67. The van der Waals surface area contributed by atoms with E-state index in [1.54, 1.807) is 33.1 Å². The van der Waals surface area contributed by atoms with Gasteiger partial charge in [0, 0.05) is 13.7 Å². The molecule has 1 aromatic carbocycles. The fourth-order valence-electron chi connectivity index (χ4n) is 2.31. The molecule has 1 atom stereocenters. The van der Waals surface area contributed by atoms with Crippen LogP contribution in [0.15, 0.2) is 23.1 Å². The quantitative estimate of drug-likeness (QED) is 0.793. The number of amides is 1. The van der Waals surface area contributed by atoms with Crippen molar-refractivity contribution < 1.29 is 17.9 Å². The third kappa shape index (κ3) is 4.63. The van der Waals surface area contributed by atoms with Gasteiger partial charge in [0.1, 0.15) is 16.0 Å². The number of methoxy groups -OCH3 is 1. The van der Waals surface area contributed by atoms with Crippen LogP contribution in [-0.4, -0.2) is 26.4 Å². The fraction of sp³-hybridized carbons (Fsp3) is 0.375. The molecule has 7 nitrogen and oxygen atoms in total. The summed E-state index contributed by atoms with van der Waals surface area (Å²) in [5.41, 5.74) is 1.98. The number of hydrogen-bond donors (Lipinski definition) is 2. The first-order valence-electron chi connectivity index (χ1n) is 7.54. The first-order valence-corrected chi connectivity index (χ1v) is 9.90. The Hall–Kier alpha value is -1.81. The Morgan fingerprint density at radius 1 is 1.40 bits per heavy atom. The van der Waals surface area contributed by atoms with Crippen LogP contribution >= 0.6 is 11.3 Å². The molecule has 2 aromatic rings. The maximum atomic E-state index is 12.4. The molecule has 25 heavy (non-hydrogen) atoms. The number of aryl methyl sites for hydroxylation is 2. The summed E-state index contributed by atoms with van der Waals surface area (Å²) < 4.78 is 28.1. The number of aromatic nitrogens is 1. The third-order valence-electron chi connectivity index (χ3n) is 3.72. The molecule has 0 radical (unpaired) electrons. The minimum Gasteiger partial charge on any atom is -0.375 e. The van der Waals surface area contributed by atoms with Gasteiger partial charge in [0.15, 0.2) is 0 Å². The van der Waals surface area contributed by atoms with Crippen LogP contribution in [0.2, 0.25) is 0 Å². The van der Waals surface area contributed by atoms with Crippen molar-refractivity contribution >= 4 is 27.3 Å². The highest BCUT2D eigenvalue weighted by Gasteiger charge is 2.18. The van der Waals surface area contributed by atoms with E-state index in [9.17, 15) is 13.2 Å². The number of hydrogen-bond acceptors (Lipinski definition) is 6. The summed E-state index contributed by atoms with van der Waals surface area (Å²) in [6.07, 6.45) is -0.168. The molecule has 1 amide bonds. The number of primary sulfonamides is 1. The standard InChI is InChI=1S/C16H21N3O4S2/c1-9-7-12(5-6-13(9)25(17,21)22)8-18-15(20)14-10(2)19-16(24-14)11(3)23-4/h5-7,11H,8H2,1-4H3,(H,18,20)(H2,17,21,22)/t11-/m1/s1.